The molecule has 0 radical (unpaired) electrons. The van der Waals surface area contributed by atoms with E-state index >= 15 is 0 Å². The number of carbonyl (C=O) groups excluding carboxylic acids is 1. The molecule has 1 amide bonds. The van der Waals surface area contributed by atoms with Gasteiger partial charge in [0, 0.05) is 23.4 Å². The summed E-state index contributed by atoms with van der Waals surface area (Å²) in [5.41, 5.74) is -0.341. The SMILES string of the molecule is O=C(CC(O)(Cn1cncn1)c1ccc(F)cc1F)Nc1nccc(-c2c(-c3ccc(F)cc3)nn3cc(F)ccc23)n1. The van der Waals surface area contributed by atoms with Gasteiger partial charge in [-0.2, -0.15) is 10.2 Å². The Morgan fingerprint density at radius 1 is 0.953 bits per heavy atom. The first-order valence-corrected chi connectivity index (χ1v) is 12.8. The molecule has 10 nitrogen and oxygen atoms in total. The fourth-order valence-corrected chi connectivity index (χ4v) is 4.76. The maximum absolute atomic E-state index is 14.8. The molecule has 2 aromatic carbocycles. The average Bonchev–Trinajstić information content (AvgIpc) is 3.60. The second kappa shape index (κ2) is 11.1. The second-order valence-corrected chi connectivity index (χ2v) is 9.65. The summed E-state index contributed by atoms with van der Waals surface area (Å²) in [7, 11) is 0. The highest BCUT2D eigenvalue weighted by Crippen LogP contribution is 2.35. The van der Waals surface area contributed by atoms with Gasteiger partial charge < -0.3 is 5.11 Å². The number of hydrogen-bond acceptors (Lipinski definition) is 7. The van der Waals surface area contributed by atoms with Crippen LogP contribution in [0.5, 0.6) is 0 Å². The second-order valence-electron chi connectivity index (χ2n) is 9.65. The van der Waals surface area contributed by atoms with Crippen LogP contribution in [0, 0.1) is 23.3 Å². The third kappa shape index (κ3) is 5.67. The number of fused-ring (bicyclic) bond motifs is 1. The quantitative estimate of drug-likeness (QED) is 0.251. The molecule has 2 N–H and O–H groups in total. The molecule has 1 atom stereocenters. The summed E-state index contributed by atoms with van der Waals surface area (Å²) in [4.78, 5) is 25.5. The Bertz CT molecular complexity index is 1950. The normalized spacial score (nSPS) is 12.8. The number of pyridine rings is 1. The van der Waals surface area contributed by atoms with Crippen molar-refractivity contribution in [3.05, 3.63) is 115 Å². The topological polar surface area (TPSA) is 123 Å². The van der Waals surface area contributed by atoms with E-state index in [0.717, 1.165) is 12.1 Å². The molecule has 6 aromatic rings. The highest BCUT2D eigenvalue weighted by atomic mass is 19.1. The van der Waals surface area contributed by atoms with Gasteiger partial charge in [0.2, 0.25) is 11.9 Å². The van der Waals surface area contributed by atoms with Crippen molar-refractivity contribution < 1.29 is 27.5 Å². The fraction of sp³-hybridized carbons (Fsp3) is 0.103. The predicted octanol–water partition coefficient (Wildman–Crippen LogP) is 4.52. The molecule has 4 aromatic heterocycles. The number of anilines is 1. The number of aliphatic hydroxyl groups is 1. The first kappa shape index (κ1) is 27.7. The molecular formula is C29H20F4N8O2. The van der Waals surface area contributed by atoms with E-state index in [4.69, 9.17) is 0 Å². The Labute approximate surface area is 240 Å². The molecule has 0 saturated heterocycles. The number of halogens is 4. The zero-order valence-corrected chi connectivity index (χ0v) is 22.0. The van der Waals surface area contributed by atoms with Gasteiger partial charge in [0.1, 0.15) is 47.2 Å². The Kier molecular flexibility index (Phi) is 7.11. The van der Waals surface area contributed by atoms with Crippen LogP contribution in [0.25, 0.3) is 28.0 Å². The Hall–Kier alpha value is -5.50. The molecule has 6 rings (SSSR count). The maximum Gasteiger partial charge on any atom is 0.230 e. The van der Waals surface area contributed by atoms with Gasteiger partial charge in [0.25, 0.3) is 0 Å². The van der Waals surface area contributed by atoms with Crippen molar-refractivity contribution in [3.63, 3.8) is 0 Å². The summed E-state index contributed by atoms with van der Waals surface area (Å²) in [6.07, 6.45) is 4.36. The third-order valence-corrected chi connectivity index (χ3v) is 6.65. The van der Waals surface area contributed by atoms with E-state index in [1.165, 1.54) is 70.6 Å². The number of carbonyl (C=O) groups is 1. The molecule has 14 heteroatoms. The fourth-order valence-electron chi connectivity index (χ4n) is 4.76. The van der Waals surface area contributed by atoms with Crippen molar-refractivity contribution in [3.8, 4) is 22.5 Å². The van der Waals surface area contributed by atoms with Gasteiger partial charge in [-0.1, -0.05) is 6.07 Å². The van der Waals surface area contributed by atoms with Gasteiger partial charge in [-0.15, -0.1) is 0 Å². The van der Waals surface area contributed by atoms with Crippen LogP contribution in [-0.4, -0.2) is 45.4 Å². The van der Waals surface area contributed by atoms with Crippen LogP contribution >= 0.6 is 0 Å². The van der Waals surface area contributed by atoms with Gasteiger partial charge in [-0.3, -0.25) is 10.1 Å². The molecule has 216 valence electrons. The number of benzene rings is 2. The van der Waals surface area contributed by atoms with Gasteiger partial charge in [0.05, 0.1) is 35.9 Å². The van der Waals surface area contributed by atoms with Crippen LogP contribution in [0.15, 0.2) is 85.7 Å². The molecule has 0 aliphatic rings. The molecule has 43 heavy (non-hydrogen) atoms. The highest BCUT2D eigenvalue weighted by Gasteiger charge is 2.36. The van der Waals surface area contributed by atoms with E-state index in [0.29, 0.717) is 34.1 Å². The zero-order valence-electron chi connectivity index (χ0n) is 22.0. The summed E-state index contributed by atoms with van der Waals surface area (Å²) in [5.74, 6) is -3.82. The van der Waals surface area contributed by atoms with Crippen LogP contribution in [0.4, 0.5) is 23.5 Å². The number of nitrogens with zero attached hydrogens (tertiary/aromatic N) is 7. The lowest BCUT2D eigenvalue weighted by Crippen LogP contribution is -2.37. The van der Waals surface area contributed by atoms with Crippen LogP contribution < -0.4 is 5.32 Å². The van der Waals surface area contributed by atoms with E-state index in [-0.39, 0.29) is 18.1 Å². The van der Waals surface area contributed by atoms with Gasteiger partial charge >= 0.3 is 0 Å². The third-order valence-electron chi connectivity index (χ3n) is 6.65. The zero-order chi connectivity index (χ0) is 30.1. The first-order chi connectivity index (χ1) is 20.7. The van der Waals surface area contributed by atoms with Gasteiger partial charge in [-0.25, -0.2) is 41.7 Å². The molecule has 0 bridgehead atoms. The molecule has 0 saturated carbocycles. The average molecular weight is 589 g/mol. The van der Waals surface area contributed by atoms with Crippen molar-refractivity contribution in [2.75, 3.05) is 5.32 Å². The summed E-state index contributed by atoms with van der Waals surface area (Å²) in [6.45, 7) is -0.371. The Morgan fingerprint density at radius 3 is 2.47 bits per heavy atom. The van der Waals surface area contributed by atoms with E-state index in [2.05, 4.69) is 30.5 Å². The van der Waals surface area contributed by atoms with Crippen LogP contribution in [-0.2, 0) is 16.9 Å². The minimum atomic E-state index is -2.16. The van der Waals surface area contributed by atoms with Crippen molar-refractivity contribution in [2.45, 2.75) is 18.6 Å². The number of rotatable bonds is 8. The predicted molar refractivity (Wildman–Crippen MR) is 145 cm³/mol. The summed E-state index contributed by atoms with van der Waals surface area (Å²) >= 11 is 0. The highest BCUT2D eigenvalue weighted by molar-refractivity contribution is 5.92. The van der Waals surface area contributed by atoms with Crippen molar-refractivity contribution in [1.82, 2.24) is 34.3 Å². The number of amides is 1. The molecule has 4 heterocycles. The lowest BCUT2D eigenvalue weighted by molar-refractivity contribution is -0.122. The van der Waals surface area contributed by atoms with Gasteiger partial charge in [0.15, 0.2) is 0 Å². The van der Waals surface area contributed by atoms with Crippen molar-refractivity contribution in [1.29, 1.82) is 0 Å². The molecule has 0 aliphatic heterocycles. The first-order valence-electron chi connectivity index (χ1n) is 12.8. The molecule has 0 fully saturated rings. The Balaban J connectivity index is 1.33. The van der Waals surface area contributed by atoms with E-state index in [1.54, 1.807) is 6.07 Å². The number of aromatic nitrogens is 7. The summed E-state index contributed by atoms with van der Waals surface area (Å²) in [5, 5.41) is 22.4. The summed E-state index contributed by atoms with van der Waals surface area (Å²) in [6, 6.07) is 12.5. The van der Waals surface area contributed by atoms with Crippen molar-refractivity contribution >= 4 is 17.4 Å². The van der Waals surface area contributed by atoms with Crippen LogP contribution in [0.1, 0.15) is 12.0 Å². The minimum absolute atomic E-state index is 0.156. The van der Waals surface area contributed by atoms with Crippen LogP contribution in [0.3, 0.4) is 0 Å². The van der Waals surface area contributed by atoms with Crippen molar-refractivity contribution in [2.24, 2.45) is 0 Å². The lowest BCUT2D eigenvalue weighted by Gasteiger charge is -2.28. The molecule has 1 unspecified atom stereocenters. The monoisotopic (exact) mass is 588 g/mol. The molecule has 0 aliphatic carbocycles. The molecular weight excluding hydrogens is 568 g/mol. The Morgan fingerprint density at radius 2 is 1.72 bits per heavy atom. The van der Waals surface area contributed by atoms with Crippen LogP contribution in [0.2, 0.25) is 0 Å². The summed E-state index contributed by atoms with van der Waals surface area (Å²) < 4.78 is 58.5. The lowest BCUT2D eigenvalue weighted by atomic mass is 9.89. The van der Waals surface area contributed by atoms with E-state index < -0.39 is 41.2 Å². The van der Waals surface area contributed by atoms with E-state index in [9.17, 15) is 27.5 Å². The minimum Gasteiger partial charge on any atom is -0.383 e. The molecule has 0 spiro atoms. The van der Waals surface area contributed by atoms with Gasteiger partial charge in [-0.05, 0) is 48.5 Å². The maximum atomic E-state index is 14.8. The smallest absolute Gasteiger partial charge is 0.230 e. The number of hydrogen-bond donors (Lipinski definition) is 2. The standard InChI is InChI=1S/C29H20F4N8O2/c30-18-3-1-17(2-4-18)27-26(24-8-6-20(32)13-41(24)39-27)23-9-10-35-28(37-23)38-25(42)12-29(43,14-40-16-34-15-36-40)21-7-5-19(31)11-22(21)33/h1-11,13,15-16,43H,12,14H2,(H,35,37,38,42). The largest absolute Gasteiger partial charge is 0.383 e. The number of nitrogens with one attached hydrogen (secondary N) is 1. The van der Waals surface area contributed by atoms with E-state index in [1.807, 2.05) is 0 Å².